The van der Waals surface area contributed by atoms with Crippen molar-refractivity contribution in [2.45, 2.75) is 18.6 Å². The van der Waals surface area contributed by atoms with E-state index in [1.165, 1.54) is 0 Å². The molecule has 4 nitrogen and oxygen atoms in total. The number of aliphatic hydroxyl groups excluding tert-OH is 1. The minimum atomic E-state index is -0.544. The van der Waals surface area contributed by atoms with Gasteiger partial charge in [0.2, 0.25) is 0 Å². The maximum Gasteiger partial charge on any atom is 0.338 e. The van der Waals surface area contributed by atoms with Crippen molar-refractivity contribution in [3.63, 3.8) is 0 Å². The van der Waals surface area contributed by atoms with Crippen molar-refractivity contribution < 1.29 is 19.4 Å². The molecular formula is C19H20O4. The van der Waals surface area contributed by atoms with Gasteiger partial charge in [0.05, 0.1) is 18.3 Å². The number of esters is 1. The van der Waals surface area contributed by atoms with Crippen molar-refractivity contribution in [2.24, 2.45) is 5.92 Å². The molecule has 1 saturated heterocycles. The van der Waals surface area contributed by atoms with E-state index in [1.54, 1.807) is 24.3 Å². The van der Waals surface area contributed by atoms with E-state index in [1.807, 2.05) is 36.4 Å². The molecule has 3 atom stereocenters. The van der Waals surface area contributed by atoms with Crippen LogP contribution in [0.4, 0.5) is 0 Å². The van der Waals surface area contributed by atoms with E-state index in [2.05, 4.69) is 0 Å². The van der Waals surface area contributed by atoms with E-state index in [0.29, 0.717) is 25.2 Å². The fraction of sp³-hybridized carbons (Fsp3) is 0.316. The zero-order valence-electron chi connectivity index (χ0n) is 12.8. The summed E-state index contributed by atoms with van der Waals surface area (Å²) in [6.07, 6.45) is -0.520. The molecule has 2 aromatic carbocycles. The summed E-state index contributed by atoms with van der Waals surface area (Å²) >= 11 is 0. The van der Waals surface area contributed by atoms with Crippen molar-refractivity contribution in [1.82, 2.24) is 0 Å². The molecule has 1 aliphatic rings. The second-order valence-electron chi connectivity index (χ2n) is 5.70. The maximum atomic E-state index is 12.4. The van der Waals surface area contributed by atoms with Gasteiger partial charge in [-0.05, 0) is 24.1 Å². The van der Waals surface area contributed by atoms with Crippen molar-refractivity contribution in [1.29, 1.82) is 0 Å². The molecule has 120 valence electrons. The monoisotopic (exact) mass is 312 g/mol. The highest BCUT2D eigenvalue weighted by Crippen LogP contribution is 2.33. The molecule has 23 heavy (non-hydrogen) atoms. The summed E-state index contributed by atoms with van der Waals surface area (Å²) in [6, 6.07) is 18.4. The minimum Gasteiger partial charge on any atom is -0.453 e. The summed E-state index contributed by atoms with van der Waals surface area (Å²) in [5.74, 6) is -0.656. The molecule has 1 heterocycles. The average Bonchev–Trinajstić information content (AvgIpc) is 2.62. The van der Waals surface area contributed by atoms with Crippen molar-refractivity contribution >= 4 is 5.97 Å². The first-order chi connectivity index (χ1) is 11.3. The Morgan fingerprint density at radius 3 is 2.39 bits per heavy atom. The quantitative estimate of drug-likeness (QED) is 0.882. The Morgan fingerprint density at radius 1 is 1.09 bits per heavy atom. The minimum absolute atomic E-state index is 0.265. The lowest BCUT2D eigenvalue weighted by molar-refractivity contribution is -0.0900. The standard InChI is InChI=1S/C19H20O4/c20-17-11-12-22-13-16(17)18(14-7-3-1-4-8-14)23-19(21)15-9-5-2-6-10-15/h1-10,16-18,20H,11-13H2/t16-,17-,18-/m1/s1. The summed E-state index contributed by atoms with van der Waals surface area (Å²) in [7, 11) is 0. The summed E-state index contributed by atoms with van der Waals surface area (Å²) < 4.78 is 11.2. The third kappa shape index (κ3) is 3.78. The molecule has 0 saturated carbocycles. The molecule has 1 N–H and O–H groups in total. The normalized spacial score (nSPS) is 22.3. The Labute approximate surface area is 135 Å². The second-order valence-corrected chi connectivity index (χ2v) is 5.70. The number of ether oxygens (including phenoxy) is 2. The van der Waals surface area contributed by atoms with Gasteiger partial charge in [0.25, 0.3) is 0 Å². The molecule has 3 rings (SSSR count). The third-order valence-electron chi connectivity index (χ3n) is 4.12. The van der Waals surface area contributed by atoms with Gasteiger partial charge in [0, 0.05) is 12.5 Å². The number of benzene rings is 2. The van der Waals surface area contributed by atoms with Crippen LogP contribution in [0.5, 0.6) is 0 Å². The van der Waals surface area contributed by atoms with E-state index < -0.39 is 18.2 Å². The van der Waals surface area contributed by atoms with Crippen LogP contribution < -0.4 is 0 Å². The van der Waals surface area contributed by atoms with Gasteiger partial charge in [0.15, 0.2) is 0 Å². The van der Waals surface area contributed by atoms with Gasteiger partial charge >= 0.3 is 5.97 Å². The van der Waals surface area contributed by atoms with Gasteiger partial charge in [0.1, 0.15) is 6.10 Å². The van der Waals surface area contributed by atoms with Crippen LogP contribution in [0, 0.1) is 5.92 Å². The number of hydrogen-bond acceptors (Lipinski definition) is 4. The Bertz CT molecular complexity index is 626. The third-order valence-corrected chi connectivity index (χ3v) is 4.12. The van der Waals surface area contributed by atoms with Crippen LogP contribution in [-0.2, 0) is 9.47 Å². The largest absolute Gasteiger partial charge is 0.453 e. The average molecular weight is 312 g/mol. The molecule has 0 bridgehead atoms. The summed E-state index contributed by atoms with van der Waals surface area (Å²) in [6.45, 7) is 0.911. The Balaban J connectivity index is 1.85. The Morgan fingerprint density at radius 2 is 1.74 bits per heavy atom. The molecule has 0 aliphatic carbocycles. The summed E-state index contributed by atoms with van der Waals surface area (Å²) in [4.78, 5) is 12.4. The van der Waals surface area contributed by atoms with Crippen molar-refractivity contribution in [3.05, 3.63) is 71.8 Å². The van der Waals surface area contributed by atoms with Gasteiger partial charge in [-0.15, -0.1) is 0 Å². The lowest BCUT2D eigenvalue weighted by Gasteiger charge is -2.34. The van der Waals surface area contributed by atoms with Gasteiger partial charge in [-0.1, -0.05) is 48.5 Å². The molecule has 0 unspecified atom stereocenters. The van der Waals surface area contributed by atoms with Crippen LogP contribution in [0.15, 0.2) is 60.7 Å². The van der Waals surface area contributed by atoms with E-state index in [4.69, 9.17) is 9.47 Å². The molecular weight excluding hydrogens is 292 g/mol. The topological polar surface area (TPSA) is 55.8 Å². The Hall–Kier alpha value is -2.17. The van der Waals surface area contributed by atoms with Crippen molar-refractivity contribution in [3.8, 4) is 0 Å². The first kappa shape index (κ1) is 15.7. The van der Waals surface area contributed by atoms with Crippen LogP contribution >= 0.6 is 0 Å². The van der Waals surface area contributed by atoms with E-state index in [-0.39, 0.29) is 5.92 Å². The molecule has 0 spiro atoms. The lowest BCUT2D eigenvalue weighted by Crippen LogP contribution is -2.37. The van der Waals surface area contributed by atoms with E-state index in [0.717, 1.165) is 5.56 Å². The van der Waals surface area contributed by atoms with Crippen LogP contribution in [0.25, 0.3) is 0 Å². The molecule has 4 heteroatoms. The molecule has 0 aromatic heterocycles. The highest BCUT2D eigenvalue weighted by atomic mass is 16.5. The fourth-order valence-corrected chi connectivity index (χ4v) is 2.84. The zero-order chi connectivity index (χ0) is 16.1. The van der Waals surface area contributed by atoms with Crippen LogP contribution in [0.1, 0.15) is 28.4 Å². The maximum absolute atomic E-state index is 12.4. The highest BCUT2D eigenvalue weighted by molar-refractivity contribution is 5.89. The number of rotatable bonds is 4. The first-order valence-electron chi connectivity index (χ1n) is 7.82. The molecule has 0 radical (unpaired) electrons. The number of carbonyl (C=O) groups excluding carboxylic acids is 1. The van der Waals surface area contributed by atoms with Crippen LogP contribution in [0.2, 0.25) is 0 Å². The fourth-order valence-electron chi connectivity index (χ4n) is 2.84. The molecule has 2 aromatic rings. The van der Waals surface area contributed by atoms with Crippen molar-refractivity contribution in [2.75, 3.05) is 13.2 Å². The number of carbonyl (C=O) groups is 1. The summed E-state index contributed by atoms with van der Waals surface area (Å²) in [5.41, 5.74) is 1.37. The second kappa shape index (κ2) is 7.40. The number of aliphatic hydroxyl groups is 1. The molecule has 0 amide bonds. The summed E-state index contributed by atoms with van der Waals surface area (Å²) in [5, 5.41) is 10.3. The predicted molar refractivity (Wildman–Crippen MR) is 86.0 cm³/mol. The lowest BCUT2D eigenvalue weighted by atomic mass is 9.88. The highest BCUT2D eigenvalue weighted by Gasteiger charge is 2.35. The van der Waals surface area contributed by atoms with E-state index >= 15 is 0 Å². The predicted octanol–water partition coefficient (Wildman–Crippen LogP) is 2.98. The van der Waals surface area contributed by atoms with Gasteiger partial charge in [-0.25, -0.2) is 4.79 Å². The van der Waals surface area contributed by atoms with Crippen LogP contribution in [-0.4, -0.2) is 30.4 Å². The number of hydrogen-bond donors (Lipinski definition) is 1. The Kier molecular flexibility index (Phi) is 5.05. The SMILES string of the molecule is O=C(O[C@H](c1ccccc1)[C@@H]1COCC[C@H]1O)c1ccccc1. The smallest absolute Gasteiger partial charge is 0.338 e. The van der Waals surface area contributed by atoms with Gasteiger partial charge in [-0.2, -0.15) is 0 Å². The van der Waals surface area contributed by atoms with Gasteiger partial charge < -0.3 is 14.6 Å². The zero-order valence-corrected chi connectivity index (χ0v) is 12.8. The van der Waals surface area contributed by atoms with Gasteiger partial charge in [-0.3, -0.25) is 0 Å². The first-order valence-corrected chi connectivity index (χ1v) is 7.82. The van der Waals surface area contributed by atoms with E-state index in [9.17, 15) is 9.90 Å². The molecule has 1 fully saturated rings. The molecule has 1 aliphatic heterocycles. The van der Waals surface area contributed by atoms with Crippen LogP contribution in [0.3, 0.4) is 0 Å².